The fraction of sp³-hybridized carbons (Fsp3) is 0.467. The summed E-state index contributed by atoms with van der Waals surface area (Å²) in [6.45, 7) is 2.86. The zero-order valence-electron chi connectivity index (χ0n) is 12.3. The number of nitrogens with zero attached hydrogens (tertiary/aromatic N) is 2. The molecule has 2 amide bonds. The quantitative estimate of drug-likeness (QED) is 0.638. The van der Waals surface area contributed by atoms with Crippen molar-refractivity contribution in [3.05, 3.63) is 29.3 Å². The molecule has 2 N–H and O–H groups in total. The van der Waals surface area contributed by atoms with Gasteiger partial charge in [-0.3, -0.25) is 14.8 Å². The maximum Gasteiger partial charge on any atom is 0.243 e. The Morgan fingerprint density at radius 2 is 1.91 bits per heavy atom. The molecule has 0 atom stereocenters. The van der Waals surface area contributed by atoms with E-state index in [2.05, 4.69) is 4.90 Å². The van der Waals surface area contributed by atoms with E-state index < -0.39 is 5.91 Å². The van der Waals surface area contributed by atoms with Crippen molar-refractivity contribution in [2.75, 3.05) is 31.1 Å². The number of hydroxylamine groups is 1. The highest BCUT2D eigenvalue weighted by atomic mass is 35.5. The first-order valence-electron chi connectivity index (χ1n) is 7.31. The summed E-state index contributed by atoms with van der Waals surface area (Å²) in [6, 6.07) is 7.69. The number of nitrogens with one attached hydrogen (secondary N) is 1. The van der Waals surface area contributed by atoms with Crippen LogP contribution < -0.4 is 10.4 Å². The van der Waals surface area contributed by atoms with Crippen molar-refractivity contribution in [2.45, 2.75) is 19.3 Å². The summed E-state index contributed by atoms with van der Waals surface area (Å²) in [5, 5.41) is 9.10. The molecule has 0 spiro atoms. The molecule has 1 aromatic rings. The zero-order chi connectivity index (χ0) is 15.9. The van der Waals surface area contributed by atoms with Gasteiger partial charge < -0.3 is 9.80 Å². The third-order valence-corrected chi connectivity index (χ3v) is 3.96. The smallest absolute Gasteiger partial charge is 0.243 e. The highest BCUT2D eigenvalue weighted by Crippen LogP contribution is 2.21. The summed E-state index contributed by atoms with van der Waals surface area (Å²) >= 11 is 6.00. The molecular weight excluding hydrogens is 306 g/mol. The molecule has 6 nitrogen and oxygen atoms in total. The Hall–Kier alpha value is -1.79. The van der Waals surface area contributed by atoms with Gasteiger partial charge in [-0.1, -0.05) is 17.7 Å². The number of amides is 2. The van der Waals surface area contributed by atoms with Crippen molar-refractivity contribution in [1.29, 1.82) is 0 Å². The maximum atomic E-state index is 12.1. The predicted octanol–water partition coefficient (Wildman–Crippen LogP) is 1.66. The average molecular weight is 326 g/mol. The number of hydrogen-bond donors (Lipinski definition) is 2. The van der Waals surface area contributed by atoms with Crippen LogP contribution in [0, 0.1) is 0 Å². The predicted molar refractivity (Wildman–Crippen MR) is 84.0 cm³/mol. The van der Waals surface area contributed by atoms with Crippen molar-refractivity contribution in [3.8, 4) is 0 Å². The summed E-state index contributed by atoms with van der Waals surface area (Å²) in [5.74, 6) is -0.407. The molecule has 0 aliphatic carbocycles. The van der Waals surface area contributed by atoms with Gasteiger partial charge >= 0.3 is 0 Å². The topological polar surface area (TPSA) is 72.9 Å². The van der Waals surface area contributed by atoms with E-state index in [9.17, 15) is 9.59 Å². The zero-order valence-corrected chi connectivity index (χ0v) is 13.1. The van der Waals surface area contributed by atoms with Gasteiger partial charge in [-0.2, -0.15) is 0 Å². The van der Waals surface area contributed by atoms with Gasteiger partial charge in [-0.05, 0) is 24.6 Å². The Balaban J connectivity index is 1.77. The minimum atomic E-state index is -0.460. The van der Waals surface area contributed by atoms with E-state index in [1.807, 2.05) is 29.2 Å². The third-order valence-electron chi connectivity index (χ3n) is 3.72. The molecule has 1 fully saturated rings. The fourth-order valence-corrected chi connectivity index (χ4v) is 2.69. The van der Waals surface area contributed by atoms with Crippen molar-refractivity contribution >= 4 is 29.1 Å². The highest BCUT2D eigenvalue weighted by Gasteiger charge is 2.21. The van der Waals surface area contributed by atoms with E-state index in [0.717, 1.165) is 18.8 Å². The number of halogens is 1. The lowest BCUT2D eigenvalue weighted by Crippen LogP contribution is -2.48. The van der Waals surface area contributed by atoms with Crippen LogP contribution >= 0.6 is 11.6 Å². The number of piperazine rings is 1. The standard InChI is InChI=1S/C15H20ClN3O3/c16-12-3-1-4-13(11-12)18-7-9-19(10-8-18)15(21)6-2-5-14(20)17-22/h1,3-4,11,22H,2,5-10H2,(H,17,20). The molecule has 7 heteroatoms. The van der Waals surface area contributed by atoms with E-state index in [4.69, 9.17) is 16.8 Å². The van der Waals surface area contributed by atoms with Gasteiger partial charge in [0.05, 0.1) is 0 Å². The fourth-order valence-electron chi connectivity index (χ4n) is 2.50. The third kappa shape index (κ3) is 4.61. The Morgan fingerprint density at radius 1 is 1.18 bits per heavy atom. The van der Waals surface area contributed by atoms with Gasteiger partial charge in [0, 0.05) is 49.7 Å². The molecule has 1 aliphatic rings. The van der Waals surface area contributed by atoms with Crippen LogP contribution in [0.1, 0.15) is 19.3 Å². The van der Waals surface area contributed by atoms with E-state index in [-0.39, 0.29) is 12.3 Å². The molecule has 0 saturated carbocycles. The maximum absolute atomic E-state index is 12.1. The number of carbonyl (C=O) groups excluding carboxylic acids is 2. The molecule has 1 aromatic carbocycles. The van der Waals surface area contributed by atoms with Crippen molar-refractivity contribution in [2.24, 2.45) is 0 Å². The van der Waals surface area contributed by atoms with Crippen molar-refractivity contribution < 1.29 is 14.8 Å². The molecule has 22 heavy (non-hydrogen) atoms. The number of carbonyl (C=O) groups is 2. The van der Waals surface area contributed by atoms with Crippen LogP contribution in [-0.4, -0.2) is 48.1 Å². The molecule has 120 valence electrons. The van der Waals surface area contributed by atoms with Crippen molar-refractivity contribution in [1.82, 2.24) is 10.4 Å². The lowest BCUT2D eigenvalue weighted by molar-refractivity contribution is -0.132. The monoisotopic (exact) mass is 325 g/mol. The summed E-state index contributed by atoms with van der Waals surface area (Å²) < 4.78 is 0. The molecule has 0 radical (unpaired) electrons. The van der Waals surface area contributed by atoms with Crippen LogP contribution in [0.15, 0.2) is 24.3 Å². The van der Waals surface area contributed by atoms with Gasteiger partial charge in [-0.15, -0.1) is 0 Å². The van der Waals surface area contributed by atoms with Crippen LogP contribution in [0.4, 0.5) is 5.69 Å². The molecule has 0 aromatic heterocycles. The summed E-state index contributed by atoms with van der Waals surface area (Å²) in [5.41, 5.74) is 2.63. The first-order valence-corrected chi connectivity index (χ1v) is 7.69. The minimum absolute atomic E-state index is 0.0523. The molecule has 1 aliphatic heterocycles. The SMILES string of the molecule is O=C(CCCC(=O)N1CCN(c2cccc(Cl)c2)CC1)NO. The van der Waals surface area contributed by atoms with Gasteiger partial charge in [-0.25, -0.2) is 5.48 Å². The molecule has 1 heterocycles. The summed E-state index contributed by atoms with van der Waals surface area (Å²) in [7, 11) is 0. The average Bonchev–Trinajstić information content (AvgIpc) is 2.54. The summed E-state index contributed by atoms with van der Waals surface area (Å²) in [4.78, 5) is 27.0. The van der Waals surface area contributed by atoms with E-state index in [0.29, 0.717) is 31.0 Å². The Kier molecular flexibility index (Phi) is 6.03. The first kappa shape index (κ1) is 16.6. The van der Waals surface area contributed by atoms with Crippen LogP contribution in [-0.2, 0) is 9.59 Å². The van der Waals surface area contributed by atoms with Gasteiger partial charge in [0.25, 0.3) is 0 Å². The second-order valence-electron chi connectivity index (χ2n) is 5.24. The molecule has 0 bridgehead atoms. The van der Waals surface area contributed by atoms with Crippen molar-refractivity contribution in [3.63, 3.8) is 0 Å². The normalized spacial score (nSPS) is 14.8. The molecule has 1 saturated heterocycles. The van der Waals surface area contributed by atoms with Crippen LogP contribution in [0.5, 0.6) is 0 Å². The van der Waals surface area contributed by atoms with Crippen LogP contribution in [0.2, 0.25) is 5.02 Å². The minimum Gasteiger partial charge on any atom is -0.368 e. The number of benzene rings is 1. The molecule has 2 rings (SSSR count). The van der Waals surface area contributed by atoms with E-state index >= 15 is 0 Å². The Bertz CT molecular complexity index is 531. The largest absolute Gasteiger partial charge is 0.368 e. The van der Waals surface area contributed by atoms with E-state index in [1.54, 1.807) is 5.48 Å². The number of rotatable bonds is 5. The molecule has 0 unspecified atom stereocenters. The second-order valence-corrected chi connectivity index (χ2v) is 5.67. The van der Waals surface area contributed by atoms with Crippen LogP contribution in [0.25, 0.3) is 0 Å². The van der Waals surface area contributed by atoms with Gasteiger partial charge in [0.15, 0.2) is 0 Å². The Labute approximate surface area is 134 Å². The number of anilines is 1. The van der Waals surface area contributed by atoms with Gasteiger partial charge in [0.2, 0.25) is 11.8 Å². The lowest BCUT2D eigenvalue weighted by Gasteiger charge is -2.36. The first-order chi connectivity index (χ1) is 10.6. The van der Waals surface area contributed by atoms with Gasteiger partial charge in [0.1, 0.15) is 0 Å². The van der Waals surface area contributed by atoms with E-state index in [1.165, 1.54) is 0 Å². The molecular formula is C15H20ClN3O3. The highest BCUT2D eigenvalue weighted by molar-refractivity contribution is 6.30. The second kappa shape index (κ2) is 8.00. The number of hydrogen-bond acceptors (Lipinski definition) is 4. The Morgan fingerprint density at radius 3 is 2.55 bits per heavy atom. The lowest BCUT2D eigenvalue weighted by atomic mass is 10.2. The summed E-state index contributed by atoms with van der Waals surface area (Å²) in [6.07, 6.45) is 0.926. The van der Waals surface area contributed by atoms with Crippen LogP contribution in [0.3, 0.4) is 0 Å².